The molecule has 0 unspecified atom stereocenters. The zero-order chi connectivity index (χ0) is 24.8. The van der Waals surface area contributed by atoms with Gasteiger partial charge in [0, 0.05) is 31.6 Å². The van der Waals surface area contributed by atoms with Gasteiger partial charge in [-0.3, -0.25) is 9.59 Å². The van der Waals surface area contributed by atoms with Gasteiger partial charge >= 0.3 is 0 Å². The molecule has 1 saturated heterocycles. The standard InChI is InChI=1S/C28H31FN2O3S/c1-20(34-24-9-4-3-5-10-24)27(32)31-15-12-21(13-16-31)26(18-22-8-6-7-11-25(22)29)30(2)28(33)23-14-17-35-19-23/h3-11,14,17,19-21,26H,12-13,15-16,18H2,1-2H3/t20-,26-/m1/s1. The van der Waals surface area contributed by atoms with Crippen molar-refractivity contribution in [3.8, 4) is 5.75 Å². The summed E-state index contributed by atoms with van der Waals surface area (Å²) in [5.74, 6) is 0.461. The molecule has 35 heavy (non-hydrogen) atoms. The van der Waals surface area contributed by atoms with Gasteiger partial charge in [-0.1, -0.05) is 36.4 Å². The van der Waals surface area contributed by atoms with Crippen molar-refractivity contribution in [3.63, 3.8) is 0 Å². The third-order valence-corrected chi connectivity index (χ3v) is 7.46. The average molecular weight is 495 g/mol. The van der Waals surface area contributed by atoms with E-state index >= 15 is 0 Å². The van der Waals surface area contributed by atoms with Crippen LogP contribution < -0.4 is 4.74 Å². The van der Waals surface area contributed by atoms with Gasteiger partial charge < -0.3 is 14.5 Å². The Morgan fingerprint density at radius 1 is 1.09 bits per heavy atom. The summed E-state index contributed by atoms with van der Waals surface area (Å²) in [7, 11) is 1.80. The van der Waals surface area contributed by atoms with Gasteiger partial charge in [-0.05, 0) is 67.3 Å². The number of hydrogen-bond donors (Lipinski definition) is 0. The monoisotopic (exact) mass is 494 g/mol. The summed E-state index contributed by atoms with van der Waals surface area (Å²) in [5.41, 5.74) is 1.25. The lowest BCUT2D eigenvalue weighted by molar-refractivity contribution is -0.139. The highest BCUT2D eigenvalue weighted by atomic mass is 32.1. The van der Waals surface area contributed by atoms with Crippen LogP contribution in [0.5, 0.6) is 5.75 Å². The summed E-state index contributed by atoms with van der Waals surface area (Å²) in [6, 6.07) is 17.7. The Morgan fingerprint density at radius 2 is 1.77 bits per heavy atom. The lowest BCUT2D eigenvalue weighted by Crippen LogP contribution is -2.50. The van der Waals surface area contributed by atoms with Gasteiger partial charge in [-0.15, -0.1) is 0 Å². The summed E-state index contributed by atoms with van der Waals surface area (Å²) >= 11 is 1.48. The number of piperidine rings is 1. The van der Waals surface area contributed by atoms with E-state index in [-0.39, 0.29) is 29.6 Å². The van der Waals surface area contributed by atoms with E-state index in [0.717, 1.165) is 12.8 Å². The Hall–Kier alpha value is -3.19. The van der Waals surface area contributed by atoms with E-state index in [1.54, 1.807) is 31.0 Å². The van der Waals surface area contributed by atoms with Crippen LogP contribution in [0, 0.1) is 11.7 Å². The van der Waals surface area contributed by atoms with E-state index in [9.17, 15) is 14.0 Å². The Labute approximate surface area is 210 Å². The first-order chi connectivity index (χ1) is 16.9. The number of likely N-dealkylation sites (tertiary alicyclic amines) is 1. The molecule has 2 heterocycles. The molecule has 1 aliphatic rings. The number of ether oxygens (including phenoxy) is 1. The maximum absolute atomic E-state index is 14.5. The summed E-state index contributed by atoms with van der Waals surface area (Å²) < 4.78 is 20.3. The van der Waals surface area contributed by atoms with Crippen LogP contribution in [0.15, 0.2) is 71.4 Å². The number of thiophene rings is 1. The van der Waals surface area contributed by atoms with Crippen molar-refractivity contribution in [1.29, 1.82) is 0 Å². The molecule has 1 aliphatic heterocycles. The van der Waals surface area contributed by atoms with Crippen LogP contribution in [0.1, 0.15) is 35.7 Å². The number of rotatable bonds is 8. The summed E-state index contributed by atoms with van der Waals surface area (Å²) in [5, 5.41) is 3.73. The SMILES string of the molecule is C[C@@H](Oc1ccccc1)C(=O)N1CCC([C@@H](Cc2ccccc2F)N(C)C(=O)c2ccsc2)CC1. The zero-order valence-electron chi connectivity index (χ0n) is 20.1. The second kappa shape index (κ2) is 11.5. The van der Waals surface area contributed by atoms with Crippen molar-refractivity contribution in [3.05, 3.63) is 88.4 Å². The first-order valence-corrected chi connectivity index (χ1v) is 12.9. The van der Waals surface area contributed by atoms with Crippen LogP contribution in [-0.2, 0) is 11.2 Å². The highest BCUT2D eigenvalue weighted by molar-refractivity contribution is 7.08. The second-order valence-corrected chi connectivity index (χ2v) is 9.81. The molecule has 1 fully saturated rings. The van der Waals surface area contributed by atoms with Crippen LogP contribution in [0.4, 0.5) is 4.39 Å². The van der Waals surface area contributed by atoms with Gasteiger partial charge in [0.05, 0.1) is 5.56 Å². The van der Waals surface area contributed by atoms with Gasteiger partial charge in [-0.25, -0.2) is 4.39 Å². The summed E-state index contributed by atoms with van der Waals surface area (Å²) in [4.78, 5) is 29.8. The molecule has 0 spiro atoms. The van der Waals surface area contributed by atoms with Crippen molar-refractivity contribution in [2.45, 2.75) is 38.3 Å². The molecule has 4 rings (SSSR count). The predicted octanol–water partition coefficient (Wildman–Crippen LogP) is 5.28. The minimum Gasteiger partial charge on any atom is -0.481 e. The third kappa shape index (κ3) is 6.09. The lowest BCUT2D eigenvalue weighted by atomic mass is 9.84. The van der Waals surface area contributed by atoms with Crippen molar-refractivity contribution < 1.29 is 18.7 Å². The average Bonchev–Trinajstić information content (AvgIpc) is 3.43. The van der Waals surface area contributed by atoms with Crippen LogP contribution in [0.2, 0.25) is 0 Å². The number of halogens is 1. The van der Waals surface area contributed by atoms with Crippen molar-refractivity contribution in [2.24, 2.45) is 5.92 Å². The van der Waals surface area contributed by atoms with E-state index in [4.69, 9.17) is 4.74 Å². The number of carbonyl (C=O) groups excluding carboxylic acids is 2. The molecule has 184 valence electrons. The first kappa shape index (κ1) is 24.9. The molecule has 2 aromatic carbocycles. The van der Waals surface area contributed by atoms with Crippen molar-refractivity contribution >= 4 is 23.2 Å². The molecule has 0 N–H and O–H groups in total. The fourth-order valence-electron chi connectivity index (χ4n) is 4.76. The Balaban J connectivity index is 1.44. The summed E-state index contributed by atoms with van der Waals surface area (Å²) in [6.45, 7) is 2.94. The molecular weight excluding hydrogens is 463 g/mol. The number of amides is 2. The molecule has 1 aromatic heterocycles. The molecule has 0 saturated carbocycles. The molecule has 0 aliphatic carbocycles. The van der Waals surface area contributed by atoms with Crippen molar-refractivity contribution in [1.82, 2.24) is 9.80 Å². The number of likely N-dealkylation sites (N-methyl/N-ethyl adjacent to an activating group) is 1. The van der Waals surface area contributed by atoms with Crippen LogP contribution in [0.3, 0.4) is 0 Å². The minimum absolute atomic E-state index is 0.0411. The van der Waals surface area contributed by atoms with E-state index in [1.165, 1.54) is 17.4 Å². The van der Waals surface area contributed by atoms with E-state index in [2.05, 4.69) is 0 Å². The molecule has 0 radical (unpaired) electrons. The van der Waals surface area contributed by atoms with E-state index in [0.29, 0.717) is 36.4 Å². The van der Waals surface area contributed by atoms with Crippen LogP contribution in [0.25, 0.3) is 0 Å². The number of nitrogens with zero attached hydrogens (tertiary/aromatic N) is 2. The van der Waals surface area contributed by atoms with Gasteiger partial charge in [0.25, 0.3) is 11.8 Å². The Kier molecular flexibility index (Phi) is 8.18. The predicted molar refractivity (Wildman–Crippen MR) is 136 cm³/mol. The van der Waals surface area contributed by atoms with E-state index < -0.39 is 6.10 Å². The smallest absolute Gasteiger partial charge is 0.263 e. The van der Waals surface area contributed by atoms with Gasteiger partial charge in [-0.2, -0.15) is 11.3 Å². The second-order valence-electron chi connectivity index (χ2n) is 9.03. The van der Waals surface area contributed by atoms with Gasteiger partial charge in [0.15, 0.2) is 6.10 Å². The third-order valence-electron chi connectivity index (χ3n) is 6.77. The topological polar surface area (TPSA) is 49.9 Å². The molecule has 0 bridgehead atoms. The first-order valence-electron chi connectivity index (χ1n) is 12.0. The van der Waals surface area contributed by atoms with Gasteiger partial charge in [0.1, 0.15) is 11.6 Å². The number of carbonyl (C=O) groups is 2. The van der Waals surface area contributed by atoms with Crippen LogP contribution >= 0.6 is 11.3 Å². The molecule has 3 aromatic rings. The molecular formula is C28H31FN2O3S. The van der Waals surface area contributed by atoms with Crippen molar-refractivity contribution in [2.75, 3.05) is 20.1 Å². The fourth-order valence-corrected chi connectivity index (χ4v) is 5.39. The maximum atomic E-state index is 14.5. The highest BCUT2D eigenvalue weighted by Gasteiger charge is 2.34. The minimum atomic E-state index is -0.578. The van der Waals surface area contributed by atoms with E-state index in [1.807, 2.05) is 58.1 Å². The highest BCUT2D eigenvalue weighted by Crippen LogP contribution is 2.29. The van der Waals surface area contributed by atoms with Crippen LogP contribution in [-0.4, -0.2) is 53.9 Å². The molecule has 2 amide bonds. The number of benzene rings is 2. The molecule has 2 atom stereocenters. The molecule has 5 nitrogen and oxygen atoms in total. The van der Waals surface area contributed by atoms with Gasteiger partial charge in [0.2, 0.25) is 0 Å². The maximum Gasteiger partial charge on any atom is 0.263 e. The normalized spacial score (nSPS) is 15.9. The zero-order valence-corrected chi connectivity index (χ0v) is 20.9. The Morgan fingerprint density at radius 3 is 2.43 bits per heavy atom. The Bertz CT molecular complexity index is 1110. The number of hydrogen-bond acceptors (Lipinski definition) is 4. The number of para-hydroxylation sites is 1. The molecule has 7 heteroatoms. The fraction of sp³-hybridized carbons (Fsp3) is 0.357. The lowest BCUT2D eigenvalue weighted by Gasteiger charge is -2.40. The quantitative estimate of drug-likeness (QED) is 0.428. The largest absolute Gasteiger partial charge is 0.481 e. The summed E-state index contributed by atoms with van der Waals surface area (Å²) in [6.07, 6.45) is 1.34.